The zero-order chi connectivity index (χ0) is 20.3. The number of anilines is 1. The Balaban J connectivity index is 0.00000300. The van der Waals surface area contributed by atoms with Gasteiger partial charge < -0.3 is 9.80 Å². The van der Waals surface area contributed by atoms with Crippen molar-refractivity contribution in [3.05, 3.63) is 58.1 Å². The number of amides is 1. The molecule has 1 aliphatic rings. The summed E-state index contributed by atoms with van der Waals surface area (Å²) in [6.07, 6.45) is 0. The lowest BCUT2D eigenvalue weighted by molar-refractivity contribution is 0.0643. The molecular weight excluding hydrogens is 457 g/mol. The zero-order valence-electron chi connectivity index (χ0n) is 15.8. The van der Waals surface area contributed by atoms with E-state index in [0.29, 0.717) is 23.7 Å². The van der Waals surface area contributed by atoms with Crippen molar-refractivity contribution in [3.8, 4) is 0 Å². The number of rotatable bonds is 5. The molecule has 0 radical (unpaired) electrons. The van der Waals surface area contributed by atoms with E-state index in [0.717, 1.165) is 19.6 Å². The third kappa shape index (κ3) is 5.77. The Bertz CT molecular complexity index is 978. The van der Waals surface area contributed by atoms with Gasteiger partial charge >= 0.3 is 0 Å². The van der Waals surface area contributed by atoms with Crippen molar-refractivity contribution in [2.45, 2.75) is 11.8 Å². The molecule has 1 saturated heterocycles. The molecule has 0 unspecified atom stereocenters. The fraction of sp³-hybridized carbons (Fsp3) is 0.316. The van der Waals surface area contributed by atoms with Crippen LogP contribution in [0.4, 0.5) is 5.69 Å². The highest BCUT2D eigenvalue weighted by Gasteiger charge is 2.23. The average molecular weight is 479 g/mol. The quantitative estimate of drug-likeness (QED) is 0.705. The molecule has 1 amide bonds. The van der Waals surface area contributed by atoms with Gasteiger partial charge in [-0.3, -0.25) is 9.52 Å². The molecule has 1 N–H and O–H groups in total. The normalized spacial score (nSPS) is 14.9. The highest BCUT2D eigenvalue weighted by molar-refractivity contribution is 7.92. The van der Waals surface area contributed by atoms with Gasteiger partial charge in [0.25, 0.3) is 15.9 Å². The zero-order valence-corrected chi connectivity index (χ0v) is 18.9. The maximum absolute atomic E-state index is 12.8. The minimum absolute atomic E-state index is 0. The second-order valence-electron chi connectivity index (χ2n) is 6.48. The van der Waals surface area contributed by atoms with E-state index in [1.807, 2.05) is 0 Å². The van der Waals surface area contributed by atoms with Crippen LogP contribution < -0.4 is 4.72 Å². The van der Waals surface area contributed by atoms with Crippen molar-refractivity contribution in [1.82, 2.24) is 9.80 Å². The monoisotopic (exact) mass is 477 g/mol. The van der Waals surface area contributed by atoms with Crippen molar-refractivity contribution < 1.29 is 13.2 Å². The third-order valence-corrected chi connectivity index (χ3v) is 6.60. The maximum Gasteiger partial charge on any atom is 0.261 e. The fourth-order valence-electron chi connectivity index (χ4n) is 3.03. The number of carbonyl (C=O) groups excluding carboxylic acids is 1. The van der Waals surface area contributed by atoms with Crippen molar-refractivity contribution in [3.63, 3.8) is 0 Å². The van der Waals surface area contributed by atoms with Crippen LogP contribution >= 0.6 is 35.6 Å². The van der Waals surface area contributed by atoms with Crippen molar-refractivity contribution in [2.24, 2.45) is 0 Å². The predicted octanol–water partition coefficient (Wildman–Crippen LogP) is 3.99. The van der Waals surface area contributed by atoms with E-state index in [-0.39, 0.29) is 33.9 Å². The summed E-state index contributed by atoms with van der Waals surface area (Å²) in [4.78, 5) is 16.8. The summed E-state index contributed by atoms with van der Waals surface area (Å²) >= 11 is 12.0. The standard InChI is InChI=1S/C19H21Cl2N3O3S.ClH/c1-2-23-8-10-24(11-9-23)19(25)14-4-3-5-16(12-14)28(26,27)22-18-13-15(20)6-7-17(18)21;/h3-7,12-13,22H,2,8-11H2,1H3;1H. The third-order valence-electron chi connectivity index (χ3n) is 4.67. The Hall–Kier alpha value is -1.51. The number of nitrogens with zero attached hydrogens (tertiary/aromatic N) is 2. The largest absolute Gasteiger partial charge is 0.336 e. The smallest absolute Gasteiger partial charge is 0.261 e. The molecule has 1 heterocycles. The molecule has 6 nitrogen and oxygen atoms in total. The number of halogens is 3. The summed E-state index contributed by atoms with van der Waals surface area (Å²) in [5.41, 5.74) is 0.520. The number of nitrogens with one attached hydrogen (secondary N) is 1. The number of piperazine rings is 1. The molecule has 1 fully saturated rings. The van der Waals surface area contributed by atoms with E-state index >= 15 is 0 Å². The number of hydrogen-bond acceptors (Lipinski definition) is 4. The molecule has 0 atom stereocenters. The van der Waals surface area contributed by atoms with Crippen molar-refractivity contribution in [1.29, 1.82) is 0 Å². The van der Waals surface area contributed by atoms with E-state index in [2.05, 4.69) is 16.5 Å². The Labute approximate surface area is 187 Å². The van der Waals surface area contributed by atoms with Crippen LogP contribution in [0, 0.1) is 0 Å². The Kier molecular flexibility index (Phi) is 8.19. The Morgan fingerprint density at radius 1 is 1.07 bits per heavy atom. The highest BCUT2D eigenvalue weighted by Crippen LogP contribution is 2.28. The van der Waals surface area contributed by atoms with E-state index < -0.39 is 10.0 Å². The van der Waals surface area contributed by atoms with Gasteiger partial charge in [-0.05, 0) is 42.9 Å². The van der Waals surface area contributed by atoms with Crippen molar-refractivity contribution >= 4 is 57.2 Å². The molecule has 0 bridgehead atoms. The molecule has 2 aromatic rings. The summed E-state index contributed by atoms with van der Waals surface area (Å²) in [6.45, 7) is 5.92. The maximum atomic E-state index is 12.8. The van der Waals surface area contributed by atoms with Gasteiger partial charge in [0.2, 0.25) is 0 Å². The molecule has 0 saturated carbocycles. The first kappa shape index (κ1) is 23.8. The van der Waals surface area contributed by atoms with Crippen LogP contribution in [0.1, 0.15) is 17.3 Å². The predicted molar refractivity (Wildman–Crippen MR) is 119 cm³/mol. The summed E-state index contributed by atoms with van der Waals surface area (Å²) in [7, 11) is -3.92. The Morgan fingerprint density at radius 2 is 1.76 bits per heavy atom. The summed E-state index contributed by atoms with van der Waals surface area (Å²) in [5.74, 6) is -0.173. The number of benzene rings is 2. The van der Waals surface area contributed by atoms with Gasteiger partial charge in [-0.1, -0.05) is 36.2 Å². The average Bonchev–Trinajstić information content (AvgIpc) is 2.70. The van der Waals surface area contributed by atoms with Gasteiger partial charge in [0.15, 0.2) is 0 Å². The van der Waals surface area contributed by atoms with Crippen LogP contribution in [-0.2, 0) is 10.0 Å². The molecule has 2 aromatic carbocycles. The van der Waals surface area contributed by atoms with Gasteiger partial charge in [-0.25, -0.2) is 8.42 Å². The van der Waals surface area contributed by atoms with Gasteiger partial charge in [0.05, 0.1) is 15.6 Å². The second kappa shape index (κ2) is 10.00. The summed E-state index contributed by atoms with van der Waals surface area (Å²) in [5, 5.41) is 0.589. The molecule has 0 spiro atoms. The van der Waals surface area contributed by atoms with Gasteiger partial charge in [-0.2, -0.15) is 0 Å². The van der Waals surface area contributed by atoms with Crippen LogP contribution in [0.25, 0.3) is 0 Å². The van der Waals surface area contributed by atoms with E-state index in [4.69, 9.17) is 23.2 Å². The lowest BCUT2D eigenvalue weighted by Gasteiger charge is -2.34. The topological polar surface area (TPSA) is 69.7 Å². The van der Waals surface area contributed by atoms with E-state index in [1.54, 1.807) is 23.1 Å². The van der Waals surface area contributed by atoms with E-state index in [1.165, 1.54) is 24.3 Å². The molecule has 10 heteroatoms. The first-order valence-electron chi connectivity index (χ1n) is 8.89. The second-order valence-corrected chi connectivity index (χ2v) is 9.01. The summed E-state index contributed by atoms with van der Waals surface area (Å²) in [6, 6.07) is 10.5. The molecular formula is C19H22Cl3N3O3S. The van der Waals surface area contributed by atoms with Crippen LogP contribution in [0.3, 0.4) is 0 Å². The first-order valence-corrected chi connectivity index (χ1v) is 11.1. The van der Waals surface area contributed by atoms with Gasteiger partial charge in [-0.15, -0.1) is 12.4 Å². The minimum atomic E-state index is -3.92. The van der Waals surface area contributed by atoms with Crippen LogP contribution in [0.5, 0.6) is 0 Å². The highest BCUT2D eigenvalue weighted by atomic mass is 35.5. The van der Waals surface area contributed by atoms with Crippen LogP contribution in [0.15, 0.2) is 47.4 Å². The Morgan fingerprint density at radius 3 is 2.41 bits per heavy atom. The number of carbonyl (C=O) groups is 1. The number of likely N-dealkylation sites (N-methyl/N-ethyl adjacent to an activating group) is 1. The van der Waals surface area contributed by atoms with E-state index in [9.17, 15) is 13.2 Å². The number of sulfonamides is 1. The summed E-state index contributed by atoms with van der Waals surface area (Å²) < 4.78 is 27.9. The lowest BCUT2D eigenvalue weighted by atomic mass is 10.2. The van der Waals surface area contributed by atoms with Crippen LogP contribution in [0.2, 0.25) is 10.0 Å². The van der Waals surface area contributed by atoms with Gasteiger partial charge in [0, 0.05) is 36.8 Å². The first-order chi connectivity index (χ1) is 13.3. The molecule has 0 aromatic heterocycles. The molecule has 3 rings (SSSR count). The van der Waals surface area contributed by atoms with Crippen molar-refractivity contribution in [2.75, 3.05) is 37.4 Å². The number of hydrogen-bond donors (Lipinski definition) is 1. The molecule has 1 aliphatic heterocycles. The minimum Gasteiger partial charge on any atom is -0.336 e. The molecule has 0 aliphatic carbocycles. The van der Waals surface area contributed by atoms with Crippen LogP contribution in [-0.4, -0.2) is 56.8 Å². The SMILES string of the molecule is CCN1CCN(C(=O)c2cccc(S(=O)(=O)Nc3cc(Cl)ccc3Cl)c2)CC1.Cl. The molecule has 29 heavy (non-hydrogen) atoms. The van der Waals surface area contributed by atoms with Gasteiger partial charge in [0.1, 0.15) is 0 Å². The fourth-order valence-corrected chi connectivity index (χ4v) is 4.53. The molecule has 158 valence electrons. The lowest BCUT2D eigenvalue weighted by Crippen LogP contribution is -2.48.